The van der Waals surface area contributed by atoms with Crippen LogP contribution in [0.3, 0.4) is 0 Å². The summed E-state index contributed by atoms with van der Waals surface area (Å²) in [5.41, 5.74) is 0.864. The molecule has 0 radical (unpaired) electrons. The van der Waals surface area contributed by atoms with Crippen LogP contribution in [0.25, 0.3) is 11.5 Å². The number of benzene rings is 1. The molecule has 27 heavy (non-hydrogen) atoms. The average Bonchev–Trinajstić information content (AvgIpc) is 3.39. The second-order valence-electron chi connectivity index (χ2n) is 6.05. The van der Waals surface area contributed by atoms with Gasteiger partial charge >= 0.3 is 5.97 Å². The van der Waals surface area contributed by atoms with E-state index in [0.29, 0.717) is 10.9 Å². The van der Waals surface area contributed by atoms with Crippen LogP contribution >= 0.6 is 11.6 Å². The van der Waals surface area contributed by atoms with Crippen LogP contribution in [0.1, 0.15) is 29.2 Å². The van der Waals surface area contributed by atoms with E-state index in [4.69, 9.17) is 20.8 Å². The molecule has 1 saturated heterocycles. The first kappa shape index (κ1) is 17.4. The predicted octanol–water partition coefficient (Wildman–Crippen LogP) is 3.14. The number of hydrogen-bond acceptors (Lipinski definition) is 8. The number of halogens is 1. The highest BCUT2D eigenvalue weighted by atomic mass is 35.5. The summed E-state index contributed by atoms with van der Waals surface area (Å²) in [6.45, 7) is 1.78. The van der Waals surface area contributed by atoms with Gasteiger partial charge in [-0.15, -0.1) is 20.4 Å². The van der Waals surface area contributed by atoms with Gasteiger partial charge in [0.15, 0.2) is 18.1 Å². The number of anilines is 1. The van der Waals surface area contributed by atoms with Gasteiger partial charge in [0.1, 0.15) is 0 Å². The summed E-state index contributed by atoms with van der Waals surface area (Å²) in [7, 11) is 0. The molecule has 9 heteroatoms. The van der Waals surface area contributed by atoms with Crippen molar-refractivity contribution in [2.75, 3.05) is 18.0 Å². The van der Waals surface area contributed by atoms with Crippen LogP contribution in [0.4, 0.5) is 5.82 Å². The molecular formula is C18H16ClN5O3. The fourth-order valence-corrected chi connectivity index (χ4v) is 2.90. The summed E-state index contributed by atoms with van der Waals surface area (Å²) < 4.78 is 10.7. The van der Waals surface area contributed by atoms with E-state index in [9.17, 15) is 4.79 Å². The summed E-state index contributed by atoms with van der Waals surface area (Å²) >= 11 is 5.86. The molecule has 0 bridgehead atoms. The zero-order chi connectivity index (χ0) is 18.6. The molecule has 0 atom stereocenters. The van der Waals surface area contributed by atoms with Gasteiger partial charge in [-0.3, -0.25) is 0 Å². The lowest BCUT2D eigenvalue weighted by molar-refractivity contribution is 0.0430. The fraction of sp³-hybridized carbons (Fsp3) is 0.278. The van der Waals surface area contributed by atoms with Crippen molar-refractivity contribution < 1.29 is 13.9 Å². The smallest absolute Gasteiger partial charge is 0.359 e. The maximum absolute atomic E-state index is 12.1. The van der Waals surface area contributed by atoms with E-state index in [1.54, 1.807) is 36.4 Å². The van der Waals surface area contributed by atoms with Crippen LogP contribution in [0.2, 0.25) is 5.02 Å². The normalized spacial score (nSPS) is 13.7. The molecule has 0 saturated carbocycles. The van der Waals surface area contributed by atoms with Crippen LogP contribution < -0.4 is 4.90 Å². The highest BCUT2D eigenvalue weighted by molar-refractivity contribution is 6.30. The molecule has 0 aliphatic carbocycles. The molecule has 2 aromatic heterocycles. The van der Waals surface area contributed by atoms with Crippen LogP contribution in [0, 0.1) is 0 Å². The Hall–Kier alpha value is -3.00. The topological polar surface area (TPSA) is 94.2 Å². The quantitative estimate of drug-likeness (QED) is 0.618. The van der Waals surface area contributed by atoms with Crippen LogP contribution in [-0.2, 0) is 11.3 Å². The first-order chi connectivity index (χ1) is 13.2. The Bertz CT molecular complexity index is 921. The van der Waals surface area contributed by atoms with Crippen LogP contribution in [0.5, 0.6) is 0 Å². The van der Waals surface area contributed by atoms with Crippen molar-refractivity contribution in [2.45, 2.75) is 19.4 Å². The van der Waals surface area contributed by atoms with Gasteiger partial charge in [0.2, 0.25) is 5.89 Å². The molecule has 3 heterocycles. The summed E-state index contributed by atoms with van der Waals surface area (Å²) in [4.78, 5) is 14.3. The van der Waals surface area contributed by atoms with Crippen molar-refractivity contribution in [3.8, 4) is 11.5 Å². The van der Waals surface area contributed by atoms with Gasteiger partial charge in [-0.1, -0.05) is 11.6 Å². The van der Waals surface area contributed by atoms with Crippen molar-refractivity contribution in [1.29, 1.82) is 0 Å². The van der Waals surface area contributed by atoms with E-state index in [1.165, 1.54) is 0 Å². The lowest BCUT2D eigenvalue weighted by Crippen LogP contribution is -2.20. The molecule has 0 spiro atoms. The third-order valence-electron chi connectivity index (χ3n) is 4.17. The Balaban J connectivity index is 1.35. The summed E-state index contributed by atoms with van der Waals surface area (Å²) in [6.07, 6.45) is 2.29. The predicted molar refractivity (Wildman–Crippen MR) is 97.3 cm³/mol. The highest BCUT2D eigenvalue weighted by Crippen LogP contribution is 2.21. The molecule has 8 nitrogen and oxygen atoms in total. The van der Waals surface area contributed by atoms with Gasteiger partial charge in [-0.05, 0) is 49.2 Å². The van der Waals surface area contributed by atoms with E-state index in [1.807, 2.05) is 0 Å². The van der Waals surface area contributed by atoms with Gasteiger partial charge in [-0.2, -0.15) is 0 Å². The second kappa shape index (κ2) is 7.71. The number of esters is 1. The largest absolute Gasteiger partial charge is 0.451 e. The minimum absolute atomic E-state index is 0.135. The van der Waals surface area contributed by atoms with Crippen molar-refractivity contribution >= 4 is 23.4 Å². The zero-order valence-corrected chi connectivity index (χ0v) is 15.1. The maximum Gasteiger partial charge on any atom is 0.359 e. The Morgan fingerprint density at radius 3 is 2.52 bits per heavy atom. The van der Waals surface area contributed by atoms with Crippen molar-refractivity contribution in [3.05, 3.63) is 53.0 Å². The Morgan fingerprint density at radius 2 is 1.81 bits per heavy atom. The van der Waals surface area contributed by atoms with Gasteiger partial charge in [0.25, 0.3) is 5.89 Å². The van der Waals surface area contributed by atoms with Crippen LogP contribution in [0.15, 0.2) is 40.8 Å². The zero-order valence-electron chi connectivity index (χ0n) is 14.3. The first-order valence-electron chi connectivity index (χ1n) is 8.53. The van der Waals surface area contributed by atoms with E-state index >= 15 is 0 Å². The summed E-state index contributed by atoms with van der Waals surface area (Å²) in [6, 6.07) is 10.4. The SMILES string of the molecule is O=C(OCc1nnc(-c2ccc(Cl)cc2)o1)c1ccc(N2CCCC2)nn1. The number of carbonyl (C=O) groups is 1. The van der Waals surface area contributed by atoms with Gasteiger partial charge in [0, 0.05) is 23.7 Å². The second-order valence-corrected chi connectivity index (χ2v) is 6.49. The maximum atomic E-state index is 12.1. The van der Waals surface area contributed by atoms with E-state index in [0.717, 1.165) is 37.3 Å². The molecule has 1 fully saturated rings. The highest BCUT2D eigenvalue weighted by Gasteiger charge is 2.17. The first-order valence-corrected chi connectivity index (χ1v) is 8.91. The monoisotopic (exact) mass is 385 g/mol. The van der Waals surface area contributed by atoms with Gasteiger partial charge in [0.05, 0.1) is 0 Å². The van der Waals surface area contributed by atoms with Crippen molar-refractivity contribution in [3.63, 3.8) is 0 Å². The standard InChI is InChI=1S/C18H16ClN5O3/c19-13-5-3-12(4-6-13)17-23-22-16(27-17)11-26-18(25)14-7-8-15(21-20-14)24-9-1-2-10-24/h3-8H,1-2,9-11H2. The van der Waals surface area contributed by atoms with E-state index in [-0.39, 0.29) is 18.2 Å². The molecule has 1 aromatic carbocycles. The third-order valence-corrected chi connectivity index (χ3v) is 4.43. The number of carbonyl (C=O) groups excluding carboxylic acids is 1. The lowest BCUT2D eigenvalue weighted by Gasteiger charge is -2.14. The average molecular weight is 386 g/mol. The van der Waals surface area contributed by atoms with Gasteiger partial charge in [-0.25, -0.2) is 4.79 Å². The van der Waals surface area contributed by atoms with E-state index < -0.39 is 5.97 Å². The number of hydrogen-bond donors (Lipinski definition) is 0. The molecule has 3 aromatic rings. The Kier molecular flexibility index (Phi) is 4.97. The van der Waals surface area contributed by atoms with Crippen molar-refractivity contribution in [2.24, 2.45) is 0 Å². The fourth-order valence-electron chi connectivity index (χ4n) is 2.77. The molecule has 1 aliphatic heterocycles. The summed E-state index contributed by atoms with van der Waals surface area (Å²) in [5, 5.41) is 16.5. The number of rotatable bonds is 5. The molecule has 4 rings (SSSR count). The number of ether oxygens (including phenoxy) is 1. The molecule has 0 amide bonds. The molecule has 0 N–H and O–H groups in total. The molecule has 0 unspecified atom stereocenters. The number of aromatic nitrogens is 4. The Labute approximate surface area is 160 Å². The van der Waals surface area contributed by atoms with E-state index in [2.05, 4.69) is 25.3 Å². The lowest BCUT2D eigenvalue weighted by atomic mass is 10.2. The third kappa shape index (κ3) is 4.06. The summed E-state index contributed by atoms with van der Waals surface area (Å²) in [5.74, 6) is 0.692. The molecule has 138 valence electrons. The molecule has 1 aliphatic rings. The van der Waals surface area contributed by atoms with Crippen LogP contribution in [-0.4, -0.2) is 39.5 Å². The van der Waals surface area contributed by atoms with Gasteiger partial charge < -0.3 is 14.1 Å². The Morgan fingerprint density at radius 1 is 1.04 bits per heavy atom. The van der Waals surface area contributed by atoms with Crippen molar-refractivity contribution in [1.82, 2.24) is 20.4 Å². The number of nitrogens with zero attached hydrogens (tertiary/aromatic N) is 5. The minimum Gasteiger partial charge on any atom is -0.451 e. The minimum atomic E-state index is -0.596. The molecular weight excluding hydrogens is 370 g/mol.